The molecule has 2 nitrogen and oxygen atoms in total. The van der Waals surface area contributed by atoms with Gasteiger partial charge < -0.3 is 4.74 Å². The molecule has 0 spiro atoms. The smallest absolute Gasteiger partial charge is 0.166 e. The maximum Gasteiger partial charge on any atom is 0.166 e. The Morgan fingerprint density at radius 3 is 2.33 bits per heavy atom. The normalized spacial score (nSPS) is 40.6. The second-order valence-corrected chi connectivity index (χ2v) is 2.64. The van der Waals surface area contributed by atoms with E-state index in [1.807, 2.05) is 20.8 Å². The Balaban J connectivity index is 2.53. The third-order valence-electron chi connectivity index (χ3n) is 2.01. The molecule has 0 aliphatic carbocycles. The van der Waals surface area contributed by atoms with E-state index in [-0.39, 0.29) is 11.9 Å². The van der Waals surface area contributed by atoms with Gasteiger partial charge in [-0.25, -0.2) is 0 Å². The van der Waals surface area contributed by atoms with E-state index in [2.05, 4.69) is 0 Å². The number of ether oxygens (including phenoxy) is 1. The summed E-state index contributed by atoms with van der Waals surface area (Å²) >= 11 is 0. The number of rotatable bonds is 2. The Kier molecular flexibility index (Phi) is 1.35. The first-order chi connectivity index (χ1) is 4.11. The predicted molar refractivity (Wildman–Crippen MR) is 34.2 cm³/mol. The zero-order valence-electron chi connectivity index (χ0n) is 6.10. The molecule has 0 aromatic heterocycles. The van der Waals surface area contributed by atoms with Crippen LogP contribution in [0.4, 0.5) is 0 Å². The standard InChI is InChI=1S/C7H12O2/c1-4-6(8)7(3)5(2)9-7/h5H,4H2,1-3H3. The van der Waals surface area contributed by atoms with Gasteiger partial charge in [0.15, 0.2) is 5.78 Å². The number of carbonyl (C=O) groups is 1. The Morgan fingerprint density at radius 1 is 1.78 bits per heavy atom. The van der Waals surface area contributed by atoms with Crippen molar-refractivity contribution in [3.63, 3.8) is 0 Å². The van der Waals surface area contributed by atoms with E-state index in [0.717, 1.165) is 0 Å². The van der Waals surface area contributed by atoms with Gasteiger partial charge in [-0.3, -0.25) is 4.79 Å². The third-order valence-corrected chi connectivity index (χ3v) is 2.01. The topological polar surface area (TPSA) is 29.6 Å². The maximum atomic E-state index is 11.0. The van der Waals surface area contributed by atoms with Crippen molar-refractivity contribution in [2.45, 2.75) is 38.9 Å². The highest BCUT2D eigenvalue weighted by Crippen LogP contribution is 2.36. The molecule has 0 radical (unpaired) electrons. The first-order valence-corrected chi connectivity index (χ1v) is 3.32. The number of ketones is 1. The molecule has 52 valence electrons. The summed E-state index contributed by atoms with van der Waals surface area (Å²) in [6, 6.07) is 0. The average Bonchev–Trinajstić information content (AvgIpc) is 2.41. The van der Waals surface area contributed by atoms with Crippen molar-refractivity contribution in [1.29, 1.82) is 0 Å². The summed E-state index contributed by atoms with van der Waals surface area (Å²) in [7, 11) is 0. The fourth-order valence-corrected chi connectivity index (χ4v) is 0.977. The molecule has 1 fully saturated rings. The highest BCUT2D eigenvalue weighted by atomic mass is 16.6. The highest BCUT2D eigenvalue weighted by Gasteiger charge is 2.53. The van der Waals surface area contributed by atoms with Crippen molar-refractivity contribution in [2.24, 2.45) is 0 Å². The highest BCUT2D eigenvalue weighted by molar-refractivity contribution is 5.89. The van der Waals surface area contributed by atoms with E-state index < -0.39 is 5.60 Å². The summed E-state index contributed by atoms with van der Waals surface area (Å²) in [5.74, 6) is 0.218. The van der Waals surface area contributed by atoms with Gasteiger partial charge in [-0.2, -0.15) is 0 Å². The lowest BCUT2D eigenvalue weighted by molar-refractivity contribution is -0.123. The molecule has 0 saturated carbocycles. The molecule has 1 heterocycles. The molecule has 0 bridgehead atoms. The fourth-order valence-electron chi connectivity index (χ4n) is 0.977. The molecule has 9 heavy (non-hydrogen) atoms. The lowest BCUT2D eigenvalue weighted by atomic mass is 10.0. The quantitative estimate of drug-likeness (QED) is 0.522. The molecule has 0 aromatic rings. The second kappa shape index (κ2) is 1.81. The van der Waals surface area contributed by atoms with Crippen LogP contribution in [0.25, 0.3) is 0 Å². The molecule has 1 saturated heterocycles. The lowest BCUT2D eigenvalue weighted by Gasteiger charge is -1.98. The van der Waals surface area contributed by atoms with E-state index in [0.29, 0.717) is 6.42 Å². The van der Waals surface area contributed by atoms with Gasteiger partial charge in [-0.15, -0.1) is 0 Å². The molecule has 1 rings (SSSR count). The van der Waals surface area contributed by atoms with Gasteiger partial charge in [0.2, 0.25) is 0 Å². The minimum Gasteiger partial charge on any atom is -0.358 e. The predicted octanol–water partition coefficient (Wildman–Crippen LogP) is 1.14. The van der Waals surface area contributed by atoms with E-state index >= 15 is 0 Å². The van der Waals surface area contributed by atoms with Crippen LogP contribution in [0.1, 0.15) is 27.2 Å². The van der Waals surface area contributed by atoms with E-state index in [1.165, 1.54) is 0 Å². The molecule has 2 unspecified atom stereocenters. The molecule has 0 N–H and O–H groups in total. The minimum atomic E-state index is -0.422. The van der Waals surface area contributed by atoms with Crippen LogP contribution in [0.15, 0.2) is 0 Å². The monoisotopic (exact) mass is 128 g/mol. The first-order valence-electron chi connectivity index (χ1n) is 3.32. The molecule has 2 heteroatoms. The zero-order valence-corrected chi connectivity index (χ0v) is 6.10. The molecular weight excluding hydrogens is 116 g/mol. The van der Waals surface area contributed by atoms with Crippen LogP contribution in [0, 0.1) is 0 Å². The summed E-state index contributed by atoms with van der Waals surface area (Å²) in [6.07, 6.45) is 0.728. The van der Waals surface area contributed by atoms with E-state index in [4.69, 9.17) is 4.74 Å². The number of hydrogen-bond acceptors (Lipinski definition) is 2. The zero-order chi connectivity index (χ0) is 7.07. The van der Waals surface area contributed by atoms with Gasteiger partial charge in [0, 0.05) is 6.42 Å². The Hall–Kier alpha value is -0.370. The van der Waals surface area contributed by atoms with Crippen LogP contribution in [0.5, 0.6) is 0 Å². The van der Waals surface area contributed by atoms with E-state index in [9.17, 15) is 4.79 Å². The number of epoxide rings is 1. The Morgan fingerprint density at radius 2 is 2.22 bits per heavy atom. The molecule has 0 amide bonds. The molecule has 0 aromatic carbocycles. The van der Waals surface area contributed by atoms with Crippen molar-refractivity contribution >= 4 is 5.78 Å². The summed E-state index contributed by atoms with van der Waals surface area (Å²) < 4.78 is 5.11. The van der Waals surface area contributed by atoms with E-state index in [1.54, 1.807) is 0 Å². The number of hydrogen-bond donors (Lipinski definition) is 0. The summed E-state index contributed by atoms with van der Waals surface area (Å²) in [4.78, 5) is 11.0. The molecule has 1 aliphatic heterocycles. The summed E-state index contributed by atoms with van der Waals surface area (Å²) in [6.45, 7) is 5.64. The summed E-state index contributed by atoms with van der Waals surface area (Å²) in [5, 5.41) is 0. The van der Waals surface area contributed by atoms with Crippen molar-refractivity contribution in [3.8, 4) is 0 Å². The molecule has 2 atom stereocenters. The van der Waals surface area contributed by atoms with Crippen LogP contribution in [0.2, 0.25) is 0 Å². The number of carbonyl (C=O) groups excluding carboxylic acids is 1. The van der Waals surface area contributed by atoms with Gasteiger partial charge in [0.05, 0.1) is 6.10 Å². The minimum absolute atomic E-state index is 0.143. The fraction of sp³-hybridized carbons (Fsp3) is 0.857. The van der Waals surface area contributed by atoms with Crippen LogP contribution in [-0.2, 0) is 9.53 Å². The second-order valence-electron chi connectivity index (χ2n) is 2.64. The van der Waals surface area contributed by atoms with Crippen LogP contribution in [-0.4, -0.2) is 17.5 Å². The summed E-state index contributed by atoms with van der Waals surface area (Å²) in [5.41, 5.74) is -0.422. The van der Waals surface area contributed by atoms with Crippen LogP contribution in [0.3, 0.4) is 0 Å². The van der Waals surface area contributed by atoms with Gasteiger partial charge in [-0.05, 0) is 13.8 Å². The van der Waals surface area contributed by atoms with Crippen molar-refractivity contribution < 1.29 is 9.53 Å². The van der Waals surface area contributed by atoms with Crippen LogP contribution >= 0.6 is 0 Å². The largest absolute Gasteiger partial charge is 0.358 e. The molecule has 1 aliphatic rings. The van der Waals surface area contributed by atoms with Gasteiger partial charge in [0.25, 0.3) is 0 Å². The van der Waals surface area contributed by atoms with Crippen molar-refractivity contribution in [1.82, 2.24) is 0 Å². The molecular formula is C7H12O2. The SMILES string of the molecule is CCC(=O)C1(C)OC1C. The Bertz CT molecular complexity index is 142. The number of Topliss-reactive ketones (excluding diaryl/α,β-unsaturated/α-hetero) is 1. The maximum absolute atomic E-state index is 11.0. The van der Waals surface area contributed by atoms with Gasteiger partial charge >= 0.3 is 0 Å². The average molecular weight is 128 g/mol. The van der Waals surface area contributed by atoms with Crippen LogP contribution < -0.4 is 0 Å². The third kappa shape index (κ3) is 0.874. The van der Waals surface area contributed by atoms with Crippen molar-refractivity contribution in [2.75, 3.05) is 0 Å². The van der Waals surface area contributed by atoms with Gasteiger partial charge in [0.1, 0.15) is 5.60 Å². The first kappa shape index (κ1) is 6.75. The van der Waals surface area contributed by atoms with Crippen molar-refractivity contribution in [3.05, 3.63) is 0 Å². The van der Waals surface area contributed by atoms with Gasteiger partial charge in [-0.1, -0.05) is 6.92 Å². The lowest BCUT2D eigenvalue weighted by Crippen LogP contribution is -2.21. The Labute approximate surface area is 55.2 Å².